The Kier molecular flexibility index (Phi) is 5.01. The highest BCUT2D eigenvalue weighted by Crippen LogP contribution is 2.25. The van der Waals surface area contributed by atoms with Gasteiger partial charge in [0.15, 0.2) is 0 Å². The van der Waals surface area contributed by atoms with E-state index in [-0.39, 0.29) is 11.9 Å². The van der Waals surface area contributed by atoms with Gasteiger partial charge >= 0.3 is 5.97 Å². The summed E-state index contributed by atoms with van der Waals surface area (Å²) in [5, 5.41) is 2.83. The second kappa shape index (κ2) is 6.75. The lowest BCUT2D eigenvalue weighted by atomic mass is 9.98. The van der Waals surface area contributed by atoms with E-state index in [4.69, 9.17) is 9.47 Å². The minimum Gasteiger partial charge on any atom is -0.497 e. The number of esters is 1. The molecule has 1 atom stereocenters. The maximum atomic E-state index is 11.9. The van der Waals surface area contributed by atoms with Crippen LogP contribution in [-0.4, -0.2) is 25.0 Å². The number of carbonyl (C=O) groups excluding carboxylic acids is 1. The molecule has 0 saturated carbocycles. The van der Waals surface area contributed by atoms with Gasteiger partial charge in [0.25, 0.3) is 0 Å². The van der Waals surface area contributed by atoms with Gasteiger partial charge in [0.2, 0.25) is 0 Å². The van der Waals surface area contributed by atoms with Crippen LogP contribution in [0.2, 0.25) is 0 Å². The van der Waals surface area contributed by atoms with Crippen LogP contribution in [0.3, 0.4) is 0 Å². The van der Waals surface area contributed by atoms with Crippen LogP contribution in [0.15, 0.2) is 36.4 Å². The van der Waals surface area contributed by atoms with Crippen molar-refractivity contribution in [2.45, 2.75) is 12.8 Å². The van der Waals surface area contributed by atoms with Crippen molar-refractivity contribution >= 4 is 32.7 Å². The Balaban J connectivity index is 2.25. The summed E-state index contributed by atoms with van der Waals surface area (Å²) in [5.74, 6) is 0.368. The molecule has 0 N–H and O–H groups in total. The molecule has 0 radical (unpaired) electrons. The van der Waals surface area contributed by atoms with Gasteiger partial charge in [-0.15, -0.1) is 0 Å². The van der Waals surface area contributed by atoms with Gasteiger partial charge in [0.05, 0.1) is 13.0 Å². The summed E-state index contributed by atoms with van der Waals surface area (Å²) in [6.07, 6.45) is 0. The maximum absolute atomic E-state index is 11.9. The fourth-order valence-corrected chi connectivity index (χ4v) is 2.20. The number of hydrogen-bond donors (Lipinski definition) is 0. The Morgan fingerprint density at radius 3 is 2.60 bits per heavy atom. The monoisotopic (exact) mass is 336 g/mol. The van der Waals surface area contributed by atoms with Crippen LogP contribution in [0, 0.1) is 0 Å². The second-order valence-electron chi connectivity index (χ2n) is 4.55. The van der Waals surface area contributed by atoms with Crippen molar-refractivity contribution in [3.63, 3.8) is 0 Å². The van der Waals surface area contributed by atoms with Gasteiger partial charge in [-0.05, 0) is 35.4 Å². The SMILES string of the molecule is COc1ccc2cc([C@H](C)C(=O)OCCBr)ccc2c1. The average molecular weight is 337 g/mol. The fraction of sp³-hybridized carbons (Fsp3) is 0.312. The molecule has 0 fully saturated rings. The first-order chi connectivity index (χ1) is 9.65. The van der Waals surface area contributed by atoms with E-state index >= 15 is 0 Å². The highest BCUT2D eigenvalue weighted by atomic mass is 79.9. The number of carbonyl (C=O) groups is 1. The Morgan fingerprint density at radius 1 is 1.20 bits per heavy atom. The molecule has 0 amide bonds. The van der Waals surface area contributed by atoms with E-state index in [1.807, 2.05) is 43.3 Å². The van der Waals surface area contributed by atoms with Crippen LogP contribution in [0.5, 0.6) is 5.75 Å². The number of alkyl halides is 1. The van der Waals surface area contributed by atoms with Crippen LogP contribution >= 0.6 is 15.9 Å². The smallest absolute Gasteiger partial charge is 0.313 e. The van der Waals surface area contributed by atoms with Crippen LogP contribution in [0.1, 0.15) is 18.4 Å². The predicted molar refractivity (Wildman–Crippen MR) is 83.7 cm³/mol. The van der Waals surface area contributed by atoms with Crippen LogP contribution < -0.4 is 4.74 Å². The van der Waals surface area contributed by atoms with E-state index in [0.717, 1.165) is 22.1 Å². The zero-order valence-corrected chi connectivity index (χ0v) is 13.1. The predicted octanol–water partition coefficient (Wildman–Crippen LogP) is 3.89. The van der Waals surface area contributed by atoms with Crippen LogP contribution in [0.25, 0.3) is 10.8 Å². The van der Waals surface area contributed by atoms with Gasteiger partial charge in [-0.3, -0.25) is 4.79 Å². The lowest BCUT2D eigenvalue weighted by Crippen LogP contribution is -2.14. The molecule has 2 aromatic rings. The van der Waals surface area contributed by atoms with Crippen molar-refractivity contribution in [3.05, 3.63) is 42.0 Å². The van der Waals surface area contributed by atoms with Crippen LogP contribution in [0.4, 0.5) is 0 Å². The largest absolute Gasteiger partial charge is 0.497 e. The van der Waals surface area contributed by atoms with E-state index in [9.17, 15) is 4.79 Å². The number of fused-ring (bicyclic) bond motifs is 1. The Bertz CT molecular complexity index is 610. The van der Waals surface area contributed by atoms with Gasteiger partial charge in [-0.2, -0.15) is 0 Å². The molecule has 0 bridgehead atoms. The zero-order valence-electron chi connectivity index (χ0n) is 11.6. The second-order valence-corrected chi connectivity index (χ2v) is 5.34. The van der Waals surface area contributed by atoms with Gasteiger partial charge in [-0.1, -0.05) is 40.2 Å². The molecular weight excluding hydrogens is 320 g/mol. The molecule has 0 unspecified atom stereocenters. The highest BCUT2D eigenvalue weighted by Gasteiger charge is 2.16. The van der Waals surface area contributed by atoms with Gasteiger partial charge in [-0.25, -0.2) is 0 Å². The number of ether oxygens (including phenoxy) is 2. The van der Waals surface area contributed by atoms with Crippen molar-refractivity contribution in [1.82, 2.24) is 0 Å². The first-order valence-electron chi connectivity index (χ1n) is 6.46. The fourth-order valence-electron chi connectivity index (χ4n) is 2.04. The lowest BCUT2D eigenvalue weighted by molar-refractivity contribution is -0.144. The topological polar surface area (TPSA) is 35.5 Å². The molecule has 3 nitrogen and oxygen atoms in total. The number of halogens is 1. The first kappa shape index (κ1) is 14.9. The molecule has 0 heterocycles. The standard InChI is InChI=1S/C16H17BrO3/c1-11(16(18)20-8-7-17)12-3-4-14-10-15(19-2)6-5-13(14)9-12/h3-6,9-11H,7-8H2,1-2H3/t11-/m0/s1. The molecule has 2 rings (SSSR count). The minimum atomic E-state index is -0.263. The average Bonchev–Trinajstić information content (AvgIpc) is 2.50. The van der Waals surface area contributed by atoms with E-state index < -0.39 is 0 Å². The van der Waals surface area contributed by atoms with E-state index in [0.29, 0.717) is 11.9 Å². The third-order valence-corrected chi connectivity index (χ3v) is 3.57. The van der Waals surface area contributed by atoms with Gasteiger partial charge in [0.1, 0.15) is 12.4 Å². The number of methoxy groups -OCH3 is 1. The highest BCUT2D eigenvalue weighted by molar-refractivity contribution is 9.09. The maximum Gasteiger partial charge on any atom is 0.313 e. The molecule has 2 aromatic carbocycles. The Hall–Kier alpha value is -1.55. The third-order valence-electron chi connectivity index (χ3n) is 3.25. The minimum absolute atomic E-state index is 0.197. The molecule has 106 valence electrons. The summed E-state index contributed by atoms with van der Waals surface area (Å²) in [4.78, 5) is 11.9. The summed E-state index contributed by atoms with van der Waals surface area (Å²) in [6.45, 7) is 2.26. The van der Waals surface area contributed by atoms with E-state index in [1.54, 1.807) is 7.11 Å². The first-order valence-corrected chi connectivity index (χ1v) is 7.58. The van der Waals surface area contributed by atoms with Crippen molar-refractivity contribution < 1.29 is 14.3 Å². The van der Waals surface area contributed by atoms with Crippen molar-refractivity contribution in [1.29, 1.82) is 0 Å². The summed E-state index contributed by atoms with van der Waals surface area (Å²) < 4.78 is 10.4. The Morgan fingerprint density at radius 2 is 1.90 bits per heavy atom. The lowest BCUT2D eigenvalue weighted by Gasteiger charge is -2.12. The number of benzene rings is 2. The van der Waals surface area contributed by atoms with E-state index in [2.05, 4.69) is 15.9 Å². The zero-order chi connectivity index (χ0) is 14.5. The third kappa shape index (κ3) is 3.31. The van der Waals surface area contributed by atoms with Gasteiger partial charge < -0.3 is 9.47 Å². The quantitative estimate of drug-likeness (QED) is 0.613. The molecule has 4 heteroatoms. The molecular formula is C16H17BrO3. The molecule has 0 aliphatic carbocycles. The normalized spacial score (nSPS) is 12.2. The Labute approximate surface area is 127 Å². The molecule has 20 heavy (non-hydrogen) atoms. The molecule has 0 saturated heterocycles. The van der Waals surface area contributed by atoms with Crippen molar-refractivity contribution in [2.24, 2.45) is 0 Å². The number of hydrogen-bond acceptors (Lipinski definition) is 3. The molecule has 0 aliphatic heterocycles. The van der Waals surface area contributed by atoms with Crippen LogP contribution in [-0.2, 0) is 9.53 Å². The summed E-state index contributed by atoms with van der Waals surface area (Å²) in [6, 6.07) is 11.9. The van der Waals surface area contributed by atoms with E-state index in [1.165, 1.54) is 0 Å². The molecule has 0 aliphatic rings. The summed E-state index contributed by atoms with van der Waals surface area (Å²) in [7, 11) is 1.65. The number of rotatable bonds is 5. The molecule has 0 aromatic heterocycles. The van der Waals surface area contributed by atoms with Gasteiger partial charge in [0, 0.05) is 5.33 Å². The van der Waals surface area contributed by atoms with Crippen molar-refractivity contribution in [3.8, 4) is 5.75 Å². The summed E-state index contributed by atoms with van der Waals surface area (Å²) >= 11 is 3.24. The molecule has 0 spiro atoms. The van der Waals surface area contributed by atoms with Crippen molar-refractivity contribution in [2.75, 3.05) is 19.0 Å². The summed E-state index contributed by atoms with van der Waals surface area (Å²) in [5.41, 5.74) is 0.960.